The molecule has 0 radical (unpaired) electrons. The molecule has 0 bridgehead atoms. The second-order valence-electron chi connectivity index (χ2n) is 8.15. The largest absolute Gasteiger partial charge is 0.379 e. The molecule has 1 atom stereocenters. The van der Waals surface area contributed by atoms with E-state index in [1.807, 2.05) is 12.1 Å². The smallest absolute Gasteiger partial charge is 0.339 e. The van der Waals surface area contributed by atoms with E-state index in [9.17, 15) is 13.6 Å². The summed E-state index contributed by atoms with van der Waals surface area (Å²) in [5.74, 6) is -0.170. The van der Waals surface area contributed by atoms with E-state index in [1.165, 1.54) is 9.58 Å². The van der Waals surface area contributed by atoms with Crippen LogP contribution in [0.1, 0.15) is 11.1 Å². The Hall–Kier alpha value is -3.98. The number of hydrogen-bond acceptors (Lipinski definition) is 7. The number of piperazine rings is 1. The van der Waals surface area contributed by atoms with Crippen LogP contribution in [-0.2, 0) is 17.6 Å². The van der Waals surface area contributed by atoms with Gasteiger partial charge in [0.25, 0.3) is 6.43 Å². The molecule has 1 saturated heterocycles. The maximum atomic E-state index is 13.9. The van der Waals surface area contributed by atoms with Gasteiger partial charge in [-0.3, -0.25) is 9.69 Å². The summed E-state index contributed by atoms with van der Waals surface area (Å²) in [6, 6.07) is 11.7. The number of carbonyl (C=O) groups excluding carboxylic acids is 1. The molecule has 174 valence electrons. The zero-order valence-corrected chi connectivity index (χ0v) is 18.1. The molecule has 4 aromatic rings. The molecule has 0 saturated carbocycles. The Morgan fingerprint density at radius 1 is 1.12 bits per heavy atom. The average Bonchev–Trinajstić information content (AvgIpc) is 3.55. The summed E-state index contributed by atoms with van der Waals surface area (Å²) in [6.45, 7) is 1.26. The molecule has 2 aromatic heterocycles. The second-order valence-corrected chi connectivity index (χ2v) is 8.15. The van der Waals surface area contributed by atoms with Crippen LogP contribution in [0.4, 0.5) is 8.78 Å². The summed E-state index contributed by atoms with van der Waals surface area (Å²) in [7, 11) is 0. The lowest BCUT2D eigenvalue weighted by Gasteiger charge is -2.41. The Morgan fingerprint density at radius 2 is 1.91 bits per heavy atom. The summed E-state index contributed by atoms with van der Waals surface area (Å²) < 4.78 is 33.8. The molecular formula is C22H21F2N8O2+. The lowest BCUT2D eigenvalue weighted by atomic mass is 10.1. The fraction of sp³-hybridized carbons (Fsp3) is 0.364. The summed E-state index contributed by atoms with van der Waals surface area (Å²) in [6.07, 6.45) is 0.773. The highest BCUT2D eigenvalue weighted by molar-refractivity contribution is 5.79. The van der Waals surface area contributed by atoms with Crippen LogP contribution in [0.5, 0.6) is 0 Å². The van der Waals surface area contributed by atoms with Gasteiger partial charge in [-0.15, -0.1) is 0 Å². The van der Waals surface area contributed by atoms with Gasteiger partial charge < -0.3 is 4.90 Å². The Labute approximate surface area is 193 Å². The summed E-state index contributed by atoms with van der Waals surface area (Å²) in [5.41, 5.74) is 3.77. The molecule has 1 fully saturated rings. The van der Waals surface area contributed by atoms with E-state index in [2.05, 4.69) is 32.2 Å². The minimum Gasteiger partial charge on any atom is -0.339 e. The number of nitrogens with zero attached hydrogens (tertiary/aromatic N) is 8. The molecule has 0 unspecified atom stereocenters. The van der Waals surface area contributed by atoms with E-state index in [0.717, 1.165) is 11.1 Å². The van der Waals surface area contributed by atoms with Crippen molar-refractivity contribution in [2.45, 2.75) is 25.3 Å². The van der Waals surface area contributed by atoms with Gasteiger partial charge in [-0.25, -0.2) is 13.4 Å². The van der Waals surface area contributed by atoms with Crippen molar-refractivity contribution in [3.63, 3.8) is 0 Å². The van der Waals surface area contributed by atoms with Gasteiger partial charge in [-0.2, -0.15) is 0 Å². The predicted molar refractivity (Wildman–Crippen MR) is 113 cm³/mol. The minimum atomic E-state index is -2.55. The first-order valence-electron chi connectivity index (χ1n) is 10.8. The number of halogens is 2. The van der Waals surface area contributed by atoms with Gasteiger partial charge in [-0.1, -0.05) is 23.3 Å². The number of rotatable bonds is 7. The molecule has 1 aliphatic rings. The lowest BCUT2D eigenvalue weighted by Crippen LogP contribution is -2.58. The van der Waals surface area contributed by atoms with E-state index in [-0.39, 0.29) is 18.9 Å². The molecule has 1 amide bonds. The van der Waals surface area contributed by atoms with Crippen LogP contribution >= 0.6 is 0 Å². The Kier molecular flexibility index (Phi) is 6.09. The van der Waals surface area contributed by atoms with E-state index in [4.69, 9.17) is 4.63 Å². The topological polar surface area (TPSA) is 107 Å². The molecule has 0 N–H and O–H groups in total. The van der Waals surface area contributed by atoms with Gasteiger partial charge in [-0.05, 0) is 52.1 Å². The van der Waals surface area contributed by atoms with Crippen molar-refractivity contribution in [2.24, 2.45) is 0 Å². The molecule has 34 heavy (non-hydrogen) atoms. The maximum absolute atomic E-state index is 13.9. The zero-order chi connectivity index (χ0) is 23.5. The number of benzene rings is 2. The van der Waals surface area contributed by atoms with Gasteiger partial charge in [0.05, 0.1) is 12.5 Å². The molecular weight excluding hydrogens is 446 g/mol. The predicted octanol–water partition coefficient (Wildman–Crippen LogP) is 0.767. The fourth-order valence-electron chi connectivity index (χ4n) is 4.14. The minimum absolute atomic E-state index is 0.000408. The van der Waals surface area contributed by atoms with Crippen LogP contribution < -0.4 is 5.10 Å². The number of aromatic nitrogens is 6. The molecule has 5 rings (SSSR count). The Balaban J connectivity index is 1.18. The van der Waals surface area contributed by atoms with Crippen molar-refractivity contribution in [3.8, 4) is 5.69 Å². The SMILES string of the molecule is O=C(Cc1ccc(-n2c#[n+]nn2)cc1)N1CCN(CCc2ccc3nonc3c2)[C@@H](C(F)F)C1. The molecule has 2 aromatic carbocycles. The Morgan fingerprint density at radius 3 is 2.68 bits per heavy atom. The van der Waals surface area contributed by atoms with Crippen molar-refractivity contribution in [3.05, 3.63) is 59.9 Å². The first-order chi connectivity index (χ1) is 16.6. The first-order valence-corrected chi connectivity index (χ1v) is 10.8. The van der Waals surface area contributed by atoms with E-state index >= 15 is 0 Å². The first kappa shape index (κ1) is 21.8. The van der Waals surface area contributed by atoms with Crippen molar-refractivity contribution >= 4 is 16.9 Å². The van der Waals surface area contributed by atoms with E-state index in [1.54, 1.807) is 35.2 Å². The average molecular weight is 467 g/mol. The number of alkyl halides is 2. The third-order valence-corrected chi connectivity index (χ3v) is 6.03. The molecule has 1 aliphatic heterocycles. The van der Waals surface area contributed by atoms with Crippen LogP contribution in [0.25, 0.3) is 16.7 Å². The highest BCUT2D eigenvalue weighted by Gasteiger charge is 2.35. The van der Waals surface area contributed by atoms with E-state index < -0.39 is 12.5 Å². The Bertz CT molecular complexity index is 1250. The zero-order valence-electron chi connectivity index (χ0n) is 18.1. The second kappa shape index (κ2) is 9.48. The number of hydrogen-bond donors (Lipinski definition) is 0. The highest BCUT2D eigenvalue weighted by atomic mass is 19.3. The van der Waals surface area contributed by atoms with E-state index in [0.29, 0.717) is 42.8 Å². The summed E-state index contributed by atoms with van der Waals surface area (Å²) in [5, 5.41) is 18.4. The van der Waals surface area contributed by atoms with Crippen LogP contribution in [0.15, 0.2) is 47.1 Å². The lowest BCUT2D eigenvalue weighted by molar-refractivity contribution is -0.379. The summed E-state index contributed by atoms with van der Waals surface area (Å²) >= 11 is 0. The van der Waals surface area contributed by atoms with Crippen molar-refractivity contribution in [1.29, 1.82) is 0 Å². The maximum Gasteiger partial charge on any atom is 0.379 e. The van der Waals surface area contributed by atoms with Crippen molar-refractivity contribution in [1.82, 2.24) is 35.2 Å². The summed E-state index contributed by atoms with van der Waals surface area (Å²) in [4.78, 5) is 16.1. The normalized spacial score (nSPS) is 16.8. The number of amides is 1. The van der Waals surface area contributed by atoms with Crippen molar-refractivity contribution in [2.75, 3.05) is 26.2 Å². The number of fused-ring (bicyclic) bond motifs is 1. The molecule has 12 heteroatoms. The van der Waals surface area contributed by atoms with Crippen molar-refractivity contribution < 1.29 is 23.3 Å². The van der Waals surface area contributed by atoms with Crippen LogP contribution in [0.3, 0.4) is 0 Å². The third-order valence-electron chi connectivity index (χ3n) is 6.03. The monoisotopic (exact) mass is 467 g/mol. The van der Waals surface area contributed by atoms with Crippen LogP contribution in [-0.4, -0.2) is 79.8 Å². The van der Waals surface area contributed by atoms with Gasteiger partial charge in [0.15, 0.2) is 10.9 Å². The van der Waals surface area contributed by atoms with Gasteiger partial charge in [0, 0.05) is 30.9 Å². The van der Waals surface area contributed by atoms with Gasteiger partial charge in [0.2, 0.25) is 11.1 Å². The van der Waals surface area contributed by atoms with Gasteiger partial charge in [0.1, 0.15) is 11.0 Å². The van der Waals surface area contributed by atoms with Crippen LogP contribution in [0.2, 0.25) is 0 Å². The molecule has 3 heterocycles. The van der Waals surface area contributed by atoms with Gasteiger partial charge >= 0.3 is 6.33 Å². The number of carbonyl (C=O) groups is 1. The fourth-order valence-corrected chi connectivity index (χ4v) is 4.14. The third kappa shape index (κ3) is 4.69. The highest BCUT2D eigenvalue weighted by Crippen LogP contribution is 2.20. The molecule has 0 aliphatic carbocycles. The van der Waals surface area contributed by atoms with Crippen LogP contribution in [0, 0.1) is 6.33 Å². The standard InChI is InChI=1S/C22H21F2N8O2/c23-22(24)20-13-31(21(33)12-15-1-4-17(5-2-15)32-14-25-28-29-32)10-9-30(20)8-7-16-3-6-18-19(11-16)27-34-26-18/h1-6,11,20,22H,7-10,12-13H2/q+1/t20-/m1/s1. The molecule has 10 nitrogen and oxygen atoms in total. The quantitative estimate of drug-likeness (QED) is 0.392. The molecule has 0 spiro atoms.